The monoisotopic (exact) mass is 257 g/mol. The van der Waals surface area contributed by atoms with Crippen molar-refractivity contribution in [1.29, 1.82) is 0 Å². The standard InChI is InChI=1S/C9H14F3NO4/c1-4-7(16-2)5(3-6(14)17-4)13-8(15)9(10,11)12/h4-7,14H,3H2,1-2H3,(H,13,15)/t4-,5-,6?,7-/m0/s1. The predicted molar refractivity (Wildman–Crippen MR) is 50.0 cm³/mol. The quantitative estimate of drug-likeness (QED) is 0.740. The zero-order chi connectivity index (χ0) is 13.2. The molecule has 5 nitrogen and oxygen atoms in total. The van der Waals surface area contributed by atoms with Gasteiger partial charge in [0.2, 0.25) is 0 Å². The van der Waals surface area contributed by atoms with Crippen LogP contribution in [0.3, 0.4) is 0 Å². The van der Waals surface area contributed by atoms with Crippen molar-refractivity contribution in [3.63, 3.8) is 0 Å². The number of ether oxygens (including phenoxy) is 2. The molecule has 17 heavy (non-hydrogen) atoms. The molecule has 1 aliphatic rings. The molecule has 1 amide bonds. The van der Waals surface area contributed by atoms with E-state index in [1.165, 1.54) is 7.11 Å². The number of methoxy groups -OCH3 is 1. The molecule has 8 heteroatoms. The molecule has 0 spiro atoms. The van der Waals surface area contributed by atoms with Crippen LogP contribution < -0.4 is 5.32 Å². The van der Waals surface area contributed by atoms with E-state index in [2.05, 4.69) is 0 Å². The Morgan fingerprint density at radius 1 is 1.53 bits per heavy atom. The molecular formula is C9H14F3NO4. The van der Waals surface area contributed by atoms with Gasteiger partial charge in [-0.25, -0.2) is 0 Å². The number of rotatable bonds is 2. The number of hydrogen-bond acceptors (Lipinski definition) is 4. The Kier molecular flexibility index (Phi) is 4.34. The number of nitrogens with one attached hydrogen (secondary N) is 1. The molecule has 0 bridgehead atoms. The topological polar surface area (TPSA) is 67.8 Å². The Morgan fingerprint density at radius 2 is 2.12 bits per heavy atom. The molecule has 0 aliphatic carbocycles. The summed E-state index contributed by atoms with van der Waals surface area (Å²) in [6, 6.07) is -0.937. The van der Waals surface area contributed by atoms with Gasteiger partial charge in [-0.2, -0.15) is 13.2 Å². The Bertz CT molecular complexity index is 284. The fraction of sp³-hybridized carbons (Fsp3) is 0.889. The van der Waals surface area contributed by atoms with Crippen LogP contribution in [-0.4, -0.2) is 48.8 Å². The third kappa shape index (κ3) is 3.55. The molecule has 100 valence electrons. The van der Waals surface area contributed by atoms with Gasteiger partial charge in [0.1, 0.15) is 6.10 Å². The highest BCUT2D eigenvalue weighted by Gasteiger charge is 2.44. The molecule has 1 heterocycles. The maximum Gasteiger partial charge on any atom is 0.471 e. The van der Waals surface area contributed by atoms with E-state index in [0.29, 0.717) is 0 Å². The van der Waals surface area contributed by atoms with Crippen molar-refractivity contribution in [1.82, 2.24) is 5.32 Å². The minimum atomic E-state index is -4.95. The van der Waals surface area contributed by atoms with E-state index in [-0.39, 0.29) is 6.42 Å². The third-order valence-corrected chi connectivity index (χ3v) is 2.53. The summed E-state index contributed by atoms with van der Waals surface area (Å²) in [5, 5.41) is 11.1. The number of carbonyl (C=O) groups is 1. The van der Waals surface area contributed by atoms with Crippen molar-refractivity contribution < 1.29 is 32.5 Å². The van der Waals surface area contributed by atoms with Crippen molar-refractivity contribution in [3.8, 4) is 0 Å². The van der Waals surface area contributed by atoms with Gasteiger partial charge < -0.3 is 19.9 Å². The smallest absolute Gasteiger partial charge is 0.377 e. The summed E-state index contributed by atoms with van der Waals surface area (Å²) in [7, 11) is 1.30. The molecule has 1 fully saturated rings. The van der Waals surface area contributed by atoms with Crippen molar-refractivity contribution in [2.24, 2.45) is 0 Å². The van der Waals surface area contributed by atoms with E-state index in [0.717, 1.165) is 0 Å². The van der Waals surface area contributed by atoms with Gasteiger partial charge in [-0.1, -0.05) is 0 Å². The second kappa shape index (κ2) is 5.19. The first kappa shape index (κ1) is 14.2. The van der Waals surface area contributed by atoms with Crippen LogP contribution in [0.4, 0.5) is 13.2 Å². The Labute approximate surface area is 95.9 Å². The average Bonchev–Trinajstić information content (AvgIpc) is 2.15. The van der Waals surface area contributed by atoms with Gasteiger partial charge in [0.15, 0.2) is 6.29 Å². The molecule has 0 radical (unpaired) electrons. The number of alkyl halides is 3. The van der Waals surface area contributed by atoms with Gasteiger partial charge in [0.05, 0.1) is 12.1 Å². The minimum Gasteiger partial charge on any atom is -0.377 e. The Balaban J connectivity index is 2.69. The maximum atomic E-state index is 12.1. The maximum absolute atomic E-state index is 12.1. The number of aliphatic hydroxyl groups excluding tert-OH is 1. The van der Waals surface area contributed by atoms with Crippen LogP contribution in [-0.2, 0) is 14.3 Å². The van der Waals surface area contributed by atoms with Gasteiger partial charge in [0, 0.05) is 13.5 Å². The van der Waals surface area contributed by atoms with E-state index < -0.39 is 36.6 Å². The largest absolute Gasteiger partial charge is 0.471 e. The number of amides is 1. The average molecular weight is 257 g/mol. The minimum absolute atomic E-state index is 0.148. The zero-order valence-electron chi connectivity index (χ0n) is 9.32. The van der Waals surface area contributed by atoms with Crippen molar-refractivity contribution >= 4 is 5.91 Å². The van der Waals surface area contributed by atoms with Crippen LogP contribution in [0.2, 0.25) is 0 Å². The highest BCUT2D eigenvalue weighted by molar-refractivity contribution is 5.82. The number of halogens is 3. The summed E-state index contributed by atoms with van der Waals surface area (Å²) in [6.45, 7) is 1.54. The normalized spacial score (nSPS) is 34.5. The predicted octanol–water partition coefficient (Wildman–Crippen LogP) is 0.176. The zero-order valence-corrected chi connectivity index (χ0v) is 9.32. The van der Waals surface area contributed by atoms with Gasteiger partial charge in [-0.15, -0.1) is 0 Å². The summed E-state index contributed by atoms with van der Waals surface area (Å²) < 4.78 is 46.2. The van der Waals surface area contributed by atoms with Crippen LogP contribution in [0.15, 0.2) is 0 Å². The van der Waals surface area contributed by atoms with Crippen LogP contribution in [0.25, 0.3) is 0 Å². The van der Waals surface area contributed by atoms with Crippen molar-refractivity contribution in [2.75, 3.05) is 7.11 Å². The van der Waals surface area contributed by atoms with E-state index in [1.54, 1.807) is 12.2 Å². The molecular weight excluding hydrogens is 243 g/mol. The molecule has 0 aromatic rings. The Morgan fingerprint density at radius 3 is 2.59 bits per heavy atom. The fourth-order valence-corrected chi connectivity index (χ4v) is 1.81. The van der Waals surface area contributed by atoms with Crippen LogP contribution in [0, 0.1) is 0 Å². The third-order valence-electron chi connectivity index (χ3n) is 2.53. The highest BCUT2D eigenvalue weighted by Crippen LogP contribution is 2.23. The number of hydrogen-bond donors (Lipinski definition) is 2. The Hall–Kier alpha value is -0.860. The molecule has 0 aromatic carbocycles. The summed E-state index contributed by atoms with van der Waals surface area (Å²) in [5.74, 6) is -2.05. The van der Waals surface area contributed by atoms with Crippen LogP contribution in [0.1, 0.15) is 13.3 Å². The van der Waals surface area contributed by atoms with Crippen LogP contribution >= 0.6 is 0 Å². The summed E-state index contributed by atoms with van der Waals surface area (Å²) >= 11 is 0. The summed E-state index contributed by atoms with van der Waals surface area (Å²) in [4.78, 5) is 10.8. The van der Waals surface area contributed by atoms with E-state index in [9.17, 15) is 23.1 Å². The summed E-state index contributed by atoms with van der Waals surface area (Å²) in [6.07, 6.45) is -7.66. The molecule has 2 N–H and O–H groups in total. The second-order valence-corrected chi connectivity index (χ2v) is 3.81. The first-order valence-electron chi connectivity index (χ1n) is 4.99. The molecule has 4 atom stereocenters. The van der Waals surface area contributed by atoms with Crippen LogP contribution in [0.5, 0.6) is 0 Å². The molecule has 1 rings (SSSR count). The highest BCUT2D eigenvalue weighted by atomic mass is 19.4. The molecule has 0 saturated carbocycles. The van der Waals surface area contributed by atoms with E-state index in [4.69, 9.17) is 9.47 Å². The molecule has 1 unspecified atom stereocenters. The van der Waals surface area contributed by atoms with Crippen molar-refractivity contribution in [3.05, 3.63) is 0 Å². The summed E-state index contributed by atoms with van der Waals surface area (Å²) in [5.41, 5.74) is 0. The molecule has 1 saturated heterocycles. The van der Waals surface area contributed by atoms with Gasteiger partial charge in [-0.3, -0.25) is 4.79 Å². The van der Waals surface area contributed by atoms with Gasteiger partial charge in [-0.05, 0) is 6.92 Å². The SMILES string of the molecule is CO[C@@H]1[C@@H](NC(=O)C(F)(F)F)CC(O)O[C@H]1C. The van der Waals surface area contributed by atoms with Gasteiger partial charge >= 0.3 is 12.1 Å². The second-order valence-electron chi connectivity index (χ2n) is 3.81. The molecule has 1 aliphatic heterocycles. The molecule has 0 aromatic heterocycles. The lowest BCUT2D eigenvalue weighted by atomic mass is 9.99. The fourth-order valence-electron chi connectivity index (χ4n) is 1.81. The number of carbonyl (C=O) groups excluding carboxylic acids is 1. The van der Waals surface area contributed by atoms with E-state index in [1.807, 2.05) is 0 Å². The van der Waals surface area contributed by atoms with Crippen molar-refractivity contribution in [2.45, 2.75) is 44.1 Å². The lowest BCUT2D eigenvalue weighted by molar-refractivity contribution is -0.212. The van der Waals surface area contributed by atoms with E-state index >= 15 is 0 Å². The lowest BCUT2D eigenvalue weighted by Crippen LogP contribution is -2.57. The first-order chi connectivity index (χ1) is 7.75. The van der Waals surface area contributed by atoms with Gasteiger partial charge in [0.25, 0.3) is 0 Å². The number of aliphatic hydroxyl groups is 1. The first-order valence-corrected chi connectivity index (χ1v) is 4.99. The lowest BCUT2D eigenvalue weighted by Gasteiger charge is -2.38.